The van der Waals surface area contributed by atoms with Crippen molar-refractivity contribution < 1.29 is 4.74 Å². The van der Waals surface area contributed by atoms with Crippen LogP contribution in [0.1, 0.15) is 51.4 Å². The predicted molar refractivity (Wildman–Crippen MR) is 78.4 cm³/mol. The Morgan fingerprint density at radius 1 is 1.21 bits per heavy atom. The number of rotatable bonds is 6. The Balaban J connectivity index is 1.61. The van der Waals surface area contributed by atoms with Crippen molar-refractivity contribution in [2.75, 3.05) is 27.3 Å². The fourth-order valence-corrected chi connectivity index (χ4v) is 4.34. The molecular formula is C16H30N2O. The SMILES string of the molecule is CNC1CC2CCCC(C1)N2CC1(CCOC)CC1. The van der Waals surface area contributed by atoms with Gasteiger partial charge >= 0.3 is 0 Å². The molecule has 3 nitrogen and oxygen atoms in total. The van der Waals surface area contributed by atoms with Gasteiger partial charge in [-0.15, -0.1) is 0 Å². The highest BCUT2D eigenvalue weighted by Crippen LogP contribution is 2.51. The summed E-state index contributed by atoms with van der Waals surface area (Å²) in [5.41, 5.74) is 0.621. The first-order valence-electron chi connectivity index (χ1n) is 8.18. The molecule has 0 spiro atoms. The lowest BCUT2D eigenvalue weighted by molar-refractivity contribution is 0.00516. The molecule has 2 bridgehead atoms. The van der Waals surface area contributed by atoms with Crippen LogP contribution in [0.25, 0.3) is 0 Å². The van der Waals surface area contributed by atoms with Crippen molar-refractivity contribution in [1.29, 1.82) is 0 Å². The molecule has 1 N–H and O–H groups in total. The monoisotopic (exact) mass is 266 g/mol. The van der Waals surface area contributed by atoms with Crippen LogP contribution in [0.5, 0.6) is 0 Å². The molecule has 2 saturated heterocycles. The van der Waals surface area contributed by atoms with Crippen LogP contribution in [0.15, 0.2) is 0 Å². The van der Waals surface area contributed by atoms with E-state index in [1.807, 2.05) is 7.11 Å². The van der Waals surface area contributed by atoms with Crippen molar-refractivity contribution in [3.63, 3.8) is 0 Å². The third-order valence-electron chi connectivity index (χ3n) is 5.85. The summed E-state index contributed by atoms with van der Waals surface area (Å²) in [5.74, 6) is 0. The van der Waals surface area contributed by atoms with Crippen LogP contribution >= 0.6 is 0 Å². The molecule has 2 aliphatic heterocycles. The van der Waals surface area contributed by atoms with E-state index in [9.17, 15) is 0 Å². The van der Waals surface area contributed by atoms with E-state index in [-0.39, 0.29) is 0 Å². The summed E-state index contributed by atoms with van der Waals surface area (Å²) in [7, 11) is 3.97. The third kappa shape index (κ3) is 2.98. The molecular weight excluding hydrogens is 236 g/mol. The lowest BCUT2D eigenvalue weighted by Crippen LogP contribution is -2.57. The zero-order valence-electron chi connectivity index (χ0n) is 12.7. The normalized spacial score (nSPS) is 37.3. The first kappa shape index (κ1) is 13.8. The van der Waals surface area contributed by atoms with Crippen molar-refractivity contribution in [2.45, 2.75) is 69.5 Å². The van der Waals surface area contributed by atoms with Gasteiger partial charge in [0.1, 0.15) is 0 Å². The molecule has 0 radical (unpaired) electrons. The zero-order chi connectivity index (χ0) is 13.3. The second-order valence-electron chi connectivity index (χ2n) is 7.11. The van der Waals surface area contributed by atoms with Gasteiger partial charge in [0.2, 0.25) is 0 Å². The van der Waals surface area contributed by atoms with E-state index in [1.54, 1.807) is 0 Å². The molecule has 1 saturated carbocycles. The van der Waals surface area contributed by atoms with Crippen LogP contribution in [0.4, 0.5) is 0 Å². The van der Waals surface area contributed by atoms with Crippen molar-refractivity contribution in [3.8, 4) is 0 Å². The zero-order valence-corrected chi connectivity index (χ0v) is 12.7. The molecule has 3 aliphatic rings. The standard InChI is InChI=1S/C16H30N2O/c1-17-13-10-14-4-3-5-15(11-13)18(14)12-16(6-7-16)8-9-19-2/h13-15,17H,3-12H2,1-2H3. The molecule has 1 aliphatic carbocycles. The molecule has 3 rings (SSSR count). The minimum absolute atomic E-state index is 0.621. The molecule has 19 heavy (non-hydrogen) atoms. The highest BCUT2D eigenvalue weighted by Gasteiger charge is 2.47. The van der Waals surface area contributed by atoms with Crippen LogP contribution in [0.3, 0.4) is 0 Å². The molecule has 2 unspecified atom stereocenters. The Hall–Kier alpha value is -0.120. The van der Waals surface area contributed by atoms with E-state index in [0.717, 1.165) is 24.7 Å². The Morgan fingerprint density at radius 2 is 1.89 bits per heavy atom. The number of methoxy groups -OCH3 is 1. The largest absolute Gasteiger partial charge is 0.385 e. The van der Waals surface area contributed by atoms with Crippen molar-refractivity contribution in [1.82, 2.24) is 10.2 Å². The number of hydrogen-bond acceptors (Lipinski definition) is 3. The Labute approximate surface area is 118 Å². The Kier molecular flexibility index (Phi) is 4.16. The topological polar surface area (TPSA) is 24.5 Å². The van der Waals surface area contributed by atoms with E-state index in [2.05, 4.69) is 17.3 Å². The molecule has 110 valence electrons. The number of fused-ring (bicyclic) bond motifs is 2. The minimum atomic E-state index is 0.621. The number of piperidine rings is 2. The quantitative estimate of drug-likeness (QED) is 0.799. The van der Waals surface area contributed by atoms with Crippen molar-refractivity contribution in [3.05, 3.63) is 0 Å². The van der Waals surface area contributed by atoms with Gasteiger partial charge < -0.3 is 10.1 Å². The fraction of sp³-hybridized carbons (Fsp3) is 1.00. The van der Waals surface area contributed by atoms with Gasteiger partial charge in [-0.05, 0) is 57.4 Å². The lowest BCUT2D eigenvalue weighted by atomic mass is 9.80. The predicted octanol–water partition coefficient (Wildman–Crippen LogP) is 2.41. The summed E-state index contributed by atoms with van der Waals surface area (Å²) in [6, 6.07) is 2.47. The molecule has 0 aromatic carbocycles. The van der Waals surface area contributed by atoms with Gasteiger partial charge in [0.15, 0.2) is 0 Å². The maximum absolute atomic E-state index is 5.31. The molecule has 0 aromatic rings. The summed E-state index contributed by atoms with van der Waals surface area (Å²) in [4.78, 5) is 2.89. The van der Waals surface area contributed by atoms with E-state index in [4.69, 9.17) is 4.74 Å². The van der Waals surface area contributed by atoms with Gasteiger partial charge in [0, 0.05) is 38.4 Å². The Bertz CT molecular complexity index is 289. The van der Waals surface area contributed by atoms with Gasteiger partial charge in [0.25, 0.3) is 0 Å². The molecule has 3 fully saturated rings. The van der Waals surface area contributed by atoms with E-state index in [1.165, 1.54) is 57.9 Å². The average Bonchev–Trinajstić information content (AvgIpc) is 3.16. The van der Waals surface area contributed by atoms with Crippen molar-refractivity contribution >= 4 is 0 Å². The summed E-state index contributed by atoms with van der Waals surface area (Å²) in [6.45, 7) is 2.30. The van der Waals surface area contributed by atoms with Gasteiger partial charge in [-0.2, -0.15) is 0 Å². The first-order chi connectivity index (χ1) is 9.26. The summed E-state index contributed by atoms with van der Waals surface area (Å²) < 4.78 is 5.31. The number of ether oxygens (including phenoxy) is 1. The number of hydrogen-bond donors (Lipinski definition) is 1. The number of nitrogens with zero attached hydrogens (tertiary/aromatic N) is 1. The Morgan fingerprint density at radius 3 is 2.42 bits per heavy atom. The van der Waals surface area contributed by atoms with E-state index >= 15 is 0 Å². The van der Waals surface area contributed by atoms with E-state index < -0.39 is 0 Å². The van der Waals surface area contributed by atoms with Gasteiger partial charge in [-0.25, -0.2) is 0 Å². The molecule has 0 amide bonds. The second-order valence-corrected chi connectivity index (χ2v) is 7.11. The van der Waals surface area contributed by atoms with Crippen LogP contribution in [-0.2, 0) is 4.74 Å². The van der Waals surface area contributed by atoms with Crippen molar-refractivity contribution in [2.24, 2.45) is 5.41 Å². The highest BCUT2D eigenvalue weighted by molar-refractivity contribution is 5.01. The third-order valence-corrected chi connectivity index (χ3v) is 5.85. The van der Waals surface area contributed by atoms with Crippen LogP contribution < -0.4 is 5.32 Å². The van der Waals surface area contributed by atoms with Gasteiger partial charge in [0.05, 0.1) is 0 Å². The van der Waals surface area contributed by atoms with Crippen LogP contribution in [0.2, 0.25) is 0 Å². The molecule has 0 aromatic heterocycles. The maximum atomic E-state index is 5.31. The lowest BCUT2D eigenvalue weighted by Gasteiger charge is -2.50. The first-order valence-corrected chi connectivity index (χ1v) is 8.18. The molecule has 3 heteroatoms. The summed E-state index contributed by atoms with van der Waals surface area (Å²) in [6.07, 6.45) is 11.2. The van der Waals surface area contributed by atoms with Crippen LogP contribution in [0, 0.1) is 5.41 Å². The number of nitrogens with one attached hydrogen (secondary N) is 1. The highest BCUT2D eigenvalue weighted by atomic mass is 16.5. The van der Waals surface area contributed by atoms with Crippen LogP contribution in [-0.4, -0.2) is 50.3 Å². The van der Waals surface area contributed by atoms with E-state index in [0.29, 0.717) is 5.41 Å². The summed E-state index contributed by atoms with van der Waals surface area (Å²) >= 11 is 0. The molecule has 2 atom stereocenters. The average molecular weight is 266 g/mol. The molecule has 2 heterocycles. The minimum Gasteiger partial charge on any atom is -0.385 e. The smallest absolute Gasteiger partial charge is 0.0468 e. The maximum Gasteiger partial charge on any atom is 0.0468 e. The summed E-state index contributed by atoms with van der Waals surface area (Å²) in [5, 5.41) is 3.52. The fourth-order valence-electron chi connectivity index (χ4n) is 4.34. The van der Waals surface area contributed by atoms with Gasteiger partial charge in [-0.3, -0.25) is 4.90 Å². The van der Waals surface area contributed by atoms with Gasteiger partial charge in [-0.1, -0.05) is 6.42 Å². The second kappa shape index (κ2) is 5.71.